The first-order chi connectivity index (χ1) is 17.0. The molecule has 2 aromatic rings. The van der Waals surface area contributed by atoms with Crippen LogP contribution in [0.1, 0.15) is 70.6 Å². The van der Waals surface area contributed by atoms with Gasteiger partial charge in [0.1, 0.15) is 11.5 Å². The van der Waals surface area contributed by atoms with Crippen LogP contribution in [0.25, 0.3) is 12.2 Å². The number of phenolic OH excluding ortho intramolecular Hbond substituents is 1. The molecule has 0 aliphatic carbocycles. The van der Waals surface area contributed by atoms with Crippen molar-refractivity contribution in [3.05, 3.63) is 90.3 Å². The van der Waals surface area contributed by atoms with E-state index in [-0.39, 0.29) is 0 Å². The number of aromatic hydroxyl groups is 1. The Morgan fingerprint density at radius 3 is 2.49 bits per heavy atom. The Bertz CT molecular complexity index is 955. The highest BCUT2D eigenvalue weighted by Gasteiger charge is 2.11. The molecule has 0 radical (unpaired) electrons. The molecule has 0 unspecified atom stereocenters. The molecule has 0 fully saturated rings. The molecule has 192 valence electrons. The average Bonchev–Trinajstić information content (AvgIpc) is 3.33. The Balaban J connectivity index is 0.00000274. The van der Waals surface area contributed by atoms with Gasteiger partial charge in [-0.25, -0.2) is 4.98 Å². The van der Waals surface area contributed by atoms with E-state index in [4.69, 9.17) is 4.42 Å². The number of aryl methyl sites for hydroxylation is 1. The van der Waals surface area contributed by atoms with Crippen LogP contribution in [0.4, 0.5) is 5.69 Å². The maximum absolute atomic E-state index is 9.77. The lowest BCUT2D eigenvalue weighted by Crippen LogP contribution is -2.23. The fraction of sp³-hybridized carbons (Fsp3) is 0.367. The van der Waals surface area contributed by atoms with Crippen LogP contribution in [0, 0.1) is 6.92 Å². The van der Waals surface area contributed by atoms with E-state index in [1.54, 1.807) is 24.6 Å². The first-order valence-electron chi connectivity index (χ1n) is 12.3. The summed E-state index contributed by atoms with van der Waals surface area (Å²) >= 11 is 3.53. The number of oxazole rings is 1. The summed E-state index contributed by atoms with van der Waals surface area (Å²) in [5, 5.41) is 9.77. The molecule has 1 aromatic carbocycles. The molecule has 1 N–H and O–H groups in total. The summed E-state index contributed by atoms with van der Waals surface area (Å²) in [6.45, 7) is 15.0. The average molecular weight is 497 g/mol. The highest BCUT2D eigenvalue weighted by Crippen LogP contribution is 2.27. The minimum Gasteiger partial charge on any atom is -0.508 e. The molecule has 0 bridgehead atoms. The van der Waals surface area contributed by atoms with Crippen molar-refractivity contribution in [3.8, 4) is 5.75 Å². The fourth-order valence-corrected chi connectivity index (χ4v) is 3.23. The minimum atomic E-state index is 0.300. The Kier molecular flexibility index (Phi) is 18.7. The van der Waals surface area contributed by atoms with E-state index >= 15 is 0 Å². The maximum atomic E-state index is 9.77. The van der Waals surface area contributed by atoms with Crippen LogP contribution < -0.4 is 4.90 Å². The largest absolute Gasteiger partial charge is 0.508 e. The van der Waals surface area contributed by atoms with Gasteiger partial charge in [-0.15, -0.1) is 0 Å². The predicted molar refractivity (Wildman–Crippen MR) is 158 cm³/mol. The standard InChI is InChI=1S/C27H34N2O2.C2H6.CH4S/c1-5-7-9-13-19-29(26-18-17-24(30)20-22(26)3)23(4)14-11-10-12-16-27-28-21-25(31-27)15-8-6-2;2*1-2/h6,8,10-12,14-18,20-21,30H,2,5,7,9,13,19H2,1,3-4H3;1-2H3;2H,1H3/b11-10+,15-8-,16-12+,23-14-;;. The monoisotopic (exact) mass is 496 g/mol. The van der Waals surface area contributed by atoms with Crippen molar-refractivity contribution in [2.24, 2.45) is 0 Å². The topological polar surface area (TPSA) is 49.5 Å². The molecule has 4 nitrogen and oxygen atoms in total. The highest BCUT2D eigenvalue weighted by atomic mass is 32.1. The third kappa shape index (κ3) is 12.9. The van der Waals surface area contributed by atoms with Gasteiger partial charge in [0.15, 0.2) is 0 Å². The van der Waals surface area contributed by atoms with Crippen molar-refractivity contribution in [2.45, 2.75) is 60.3 Å². The molecule has 0 spiro atoms. The van der Waals surface area contributed by atoms with E-state index in [9.17, 15) is 5.11 Å². The summed E-state index contributed by atoms with van der Waals surface area (Å²) in [6, 6.07) is 5.56. The Labute approximate surface area is 218 Å². The minimum absolute atomic E-state index is 0.300. The SMILES string of the molecule is C=C/C=C\c1cnc(/C=C/C=C/C=C(/C)N(CCCCCC)c2ccc(O)cc2C)o1.CC.CS. The lowest BCUT2D eigenvalue weighted by Gasteiger charge is -2.27. The molecule has 0 aliphatic rings. The second kappa shape index (κ2) is 20.5. The number of aromatic nitrogens is 1. The fourth-order valence-electron chi connectivity index (χ4n) is 3.23. The second-order valence-corrected chi connectivity index (χ2v) is 7.43. The summed E-state index contributed by atoms with van der Waals surface area (Å²) in [7, 11) is 0. The molecule has 2 rings (SSSR count). The third-order valence-corrected chi connectivity index (χ3v) is 4.87. The van der Waals surface area contributed by atoms with E-state index in [1.165, 1.54) is 19.3 Å². The van der Waals surface area contributed by atoms with Crippen molar-refractivity contribution in [1.29, 1.82) is 0 Å². The van der Waals surface area contributed by atoms with Gasteiger partial charge in [-0.3, -0.25) is 0 Å². The summed E-state index contributed by atoms with van der Waals surface area (Å²) < 4.78 is 5.59. The number of benzene rings is 1. The zero-order chi connectivity index (χ0) is 26.5. The zero-order valence-corrected chi connectivity index (χ0v) is 23.3. The Morgan fingerprint density at radius 2 is 1.83 bits per heavy atom. The van der Waals surface area contributed by atoms with E-state index in [0.717, 1.165) is 29.9 Å². The van der Waals surface area contributed by atoms with Crippen molar-refractivity contribution < 1.29 is 9.52 Å². The first-order valence-corrected chi connectivity index (χ1v) is 13.2. The lowest BCUT2D eigenvalue weighted by atomic mass is 10.1. The van der Waals surface area contributed by atoms with Crippen LogP contribution in [0.3, 0.4) is 0 Å². The number of hydrogen-bond acceptors (Lipinski definition) is 5. The lowest BCUT2D eigenvalue weighted by molar-refractivity contribution is 0.475. The number of thiol groups is 1. The summed E-state index contributed by atoms with van der Waals surface area (Å²) in [6.07, 6.45) is 23.4. The van der Waals surface area contributed by atoms with Gasteiger partial charge in [0.2, 0.25) is 5.89 Å². The van der Waals surface area contributed by atoms with E-state index in [0.29, 0.717) is 17.4 Å². The molecule has 0 saturated heterocycles. The van der Waals surface area contributed by atoms with Gasteiger partial charge >= 0.3 is 0 Å². The van der Waals surface area contributed by atoms with Gasteiger partial charge in [0.05, 0.1) is 6.20 Å². The molecule has 1 aromatic heterocycles. The number of anilines is 1. The molecule has 0 aliphatic heterocycles. The Morgan fingerprint density at radius 1 is 1.09 bits per heavy atom. The van der Waals surface area contributed by atoms with Crippen LogP contribution >= 0.6 is 12.6 Å². The summed E-state index contributed by atoms with van der Waals surface area (Å²) in [5.74, 6) is 1.56. The normalized spacial score (nSPS) is 11.3. The summed E-state index contributed by atoms with van der Waals surface area (Å²) in [4.78, 5) is 6.54. The molecule has 35 heavy (non-hydrogen) atoms. The quantitative estimate of drug-likeness (QED) is 0.175. The number of phenols is 1. The van der Waals surface area contributed by atoms with Gasteiger partial charge in [0.25, 0.3) is 0 Å². The molecule has 5 heteroatoms. The number of hydrogen-bond donors (Lipinski definition) is 2. The van der Waals surface area contributed by atoms with Gasteiger partial charge in [0, 0.05) is 24.0 Å². The first kappa shape index (κ1) is 32.1. The molecule has 0 amide bonds. The van der Waals surface area contributed by atoms with E-state index < -0.39 is 0 Å². The van der Waals surface area contributed by atoms with Gasteiger partial charge in [-0.2, -0.15) is 12.6 Å². The molecule has 1 heterocycles. The van der Waals surface area contributed by atoms with Crippen LogP contribution in [0.2, 0.25) is 0 Å². The van der Waals surface area contributed by atoms with Crippen LogP contribution in [0.15, 0.2) is 77.5 Å². The molecule has 0 saturated carbocycles. The number of allylic oxidation sites excluding steroid dienone is 7. The Hall–Kier alpha value is -2.92. The maximum Gasteiger partial charge on any atom is 0.219 e. The van der Waals surface area contributed by atoms with Gasteiger partial charge < -0.3 is 14.4 Å². The van der Waals surface area contributed by atoms with Crippen molar-refractivity contribution in [3.63, 3.8) is 0 Å². The van der Waals surface area contributed by atoms with Crippen molar-refractivity contribution in [2.75, 3.05) is 17.7 Å². The third-order valence-electron chi connectivity index (χ3n) is 4.87. The highest BCUT2D eigenvalue weighted by molar-refractivity contribution is 7.79. The predicted octanol–water partition coefficient (Wildman–Crippen LogP) is 9.02. The van der Waals surface area contributed by atoms with Crippen molar-refractivity contribution >= 4 is 30.5 Å². The number of nitrogens with zero attached hydrogens (tertiary/aromatic N) is 2. The molecule has 0 atom stereocenters. The molecular formula is C30H44N2O2S. The zero-order valence-electron chi connectivity index (χ0n) is 22.4. The summed E-state index contributed by atoms with van der Waals surface area (Å²) in [5.41, 5.74) is 3.35. The van der Waals surface area contributed by atoms with Crippen molar-refractivity contribution in [1.82, 2.24) is 4.98 Å². The van der Waals surface area contributed by atoms with Crippen LogP contribution in [-0.4, -0.2) is 22.9 Å². The van der Waals surface area contributed by atoms with Crippen LogP contribution in [-0.2, 0) is 0 Å². The number of unbranched alkanes of at least 4 members (excludes halogenated alkanes) is 3. The second-order valence-electron chi connectivity index (χ2n) is 7.43. The smallest absolute Gasteiger partial charge is 0.219 e. The molecular weight excluding hydrogens is 452 g/mol. The van der Waals surface area contributed by atoms with E-state index in [1.807, 2.05) is 69.4 Å². The van der Waals surface area contributed by atoms with E-state index in [2.05, 4.69) is 49.0 Å². The van der Waals surface area contributed by atoms with Gasteiger partial charge in [-0.05, 0) is 62.4 Å². The van der Waals surface area contributed by atoms with Gasteiger partial charge in [-0.1, -0.05) is 77.0 Å². The number of rotatable bonds is 12. The van der Waals surface area contributed by atoms with Crippen LogP contribution in [0.5, 0.6) is 5.75 Å².